The lowest BCUT2D eigenvalue weighted by Crippen LogP contribution is -2.42. The zero-order chi connectivity index (χ0) is 11.0. The molecule has 6 nitrogen and oxygen atoms in total. The van der Waals surface area contributed by atoms with Crippen LogP contribution in [-0.4, -0.2) is 39.5 Å². The normalized spacial score (nSPS) is 24.0. The van der Waals surface area contributed by atoms with Crippen molar-refractivity contribution in [3.8, 4) is 0 Å². The van der Waals surface area contributed by atoms with E-state index in [0.29, 0.717) is 0 Å². The molecule has 7 heteroatoms. The van der Waals surface area contributed by atoms with Crippen molar-refractivity contribution in [2.75, 3.05) is 0 Å². The molecule has 0 spiro atoms. The lowest BCUT2D eigenvalue weighted by molar-refractivity contribution is -0.134. The summed E-state index contributed by atoms with van der Waals surface area (Å²) in [4.78, 5) is 19.8. The number of fused-ring (bicyclic) bond motifs is 1. The number of allylic oxidation sites excluding steroid dienone is 1. The second-order valence-electron chi connectivity index (χ2n) is 2.87. The number of aliphatic hydroxyl groups is 1. The fraction of sp³-hybridized carbons (Fsp3) is 0.125. The quantitative estimate of drug-likeness (QED) is 0.681. The first-order chi connectivity index (χ1) is 7.09. The monoisotopic (exact) mass is 319 g/mol. The number of rotatable bonds is 1. The van der Waals surface area contributed by atoms with Gasteiger partial charge in [-0.25, -0.2) is 14.8 Å². The molecule has 0 bridgehead atoms. The predicted molar refractivity (Wildman–Crippen MR) is 61.6 cm³/mol. The number of halogens is 1. The minimum atomic E-state index is -1.24. The van der Waals surface area contributed by atoms with Crippen molar-refractivity contribution in [3.63, 3.8) is 0 Å². The molecule has 2 N–H and O–H groups in total. The standard InChI is InChI=1S/C8H6IN3O3/c9-4-1-10-8-11-2-5(7(14)15)6(13)12(8)3-4/h1-3,6,13H,(H,14,15). The lowest BCUT2D eigenvalue weighted by Gasteiger charge is -2.29. The molecule has 0 aliphatic carbocycles. The summed E-state index contributed by atoms with van der Waals surface area (Å²) in [5.74, 6) is -0.906. The van der Waals surface area contributed by atoms with Crippen molar-refractivity contribution in [2.24, 2.45) is 9.98 Å². The average Bonchev–Trinajstić information content (AvgIpc) is 2.19. The van der Waals surface area contributed by atoms with Gasteiger partial charge < -0.3 is 10.2 Å². The molecule has 0 saturated heterocycles. The number of carboxylic acids is 1. The van der Waals surface area contributed by atoms with Crippen LogP contribution in [-0.2, 0) is 4.79 Å². The molecule has 0 aromatic carbocycles. The predicted octanol–water partition coefficient (Wildman–Crippen LogP) is 0.306. The summed E-state index contributed by atoms with van der Waals surface area (Å²) in [5.41, 5.74) is -0.170. The molecule has 0 saturated carbocycles. The molecule has 15 heavy (non-hydrogen) atoms. The van der Waals surface area contributed by atoms with E-state index in [9.17, 15) is 9.90 Å². The summed E-state index contributed by atoms with van der Waals surface area (Å²) in [6, 6.07) is 0. The first kappa shape index (κ1) is 10.3. The van der Waals surface area contributed by atoms with Gasteiger partial charge in [0.1, 0.15) is 5.57 Å². The average molecular weight is 319 g/mol. The Kier molecular flexibility index (Phi) is 2.57. The summed E-state index contributed by atoms with van der Waals surface area (Å²) in [7, 11) is 0. The molecule has 78 valence electrons. The molecular formula is C8H6IN3O3. The molecule has 1 atom stereocenters. The van der Waals surface area contributed by atoms with Gasteiger partial charge in [-0.2, -0.15) is 0 Å². The minimum absolute atomic E-state index is 0.170. The molecule has 0 radical (unpaired) electrons. The number of nitrogens with zero attached hydrogens (tertiary/aromatic N) is 3. The molecule has 0 aromatic rings. The highest BCUT2D eigenvalue weighted by Gasteiger charge is 2.30. The Hall–Kier alpha value is -1.22. The summed E-state index contributed by atoms with van der Waals surface area (Å²) >= 11 is 2.02. The van der Waals surface area contributed by atoms with Gasteiger partial charge in [0.15, 0.2) is 6.23 Å². The van der Waals surface area contributed by atoms with E-state index in [4.69, 9.17) is 5.11 Å². The van der Waals surface area contributed by atoms with E-state index in [-0.39, 0.29) is 11.5 Å². The summed E-state index contributed by atoms with van der Waals surface area (Å²) < 4.78 is 0.789. The van der Waals surface area contributed by atoms with Crippen molar-refractivity contribution in [3.05, 3.63) is 21.6 Å². The fourth-order valence-corrected chi connectivity index (χ4v) is 1.64. The van der Waals surface area contributed by atoms with E-state index in [0.717, 1.165) is 9.78 Å². The second kappa shape index (κ2) is 3.74. The van der Waals surface area contributed by atoms with Crippen LogP contribution in [0.1, 0.15) is 0 Å². The van der Waals surface area contributed by atoms with E-state index in [1.807, 2.05) is 22.6 Å². The second-order valence-corrected chi connectivity index (χ2v) is 4.12. The topological polar surface area (TPSA) is 85.5 Å². The summed E-state index contributed by atoms with van der Waals surface area (Å²) in [5, 5.41) is 18.5. The number of aliphatic carboxylic acids is 1. The maximum Gasteiger partial charge on any atom is 0.337 e. The maximum atomic E-state index is 10.7. The van der Waals surface area contributed by atoms with Gasteiger partial charge in [0, 0.05) is 22.2 Å². The van der Waals surface area contributed by atoms with Crippen molar-refractivity contribution < 1.29 is 15.0 Å². The van der Waals surface area contributed by atoms with E-state index in [1.54, 1.807) is 12.4 Å². The Labute approximate surface area is 98.5 Å². The van der Waals surface area contributed by atoms with Crippen LogP contribution in [0.25, 0.3) is 0 Å². The van der Waals surface area contributed by atoms with Gasteiger partial charge in [-0.05, 0) is 22.6 Å². The third-order valence-corrected chi connectivity index (χ3v) is 2.46. The Morgan fingerprint density at radius 3 is 3.00 bits per heavy atom. The van der Waals surface area contributed by atoms with Gasteiger partial charge in [0.25, 0.3) is 0 Å². The van der Waals surface area contributed by atoms with Crippen LogP contribution in [0.5, 0.6) is 0 Å². The third kappa shape index (κ3) is 1.79. The highest BCUT2D eigenvalue weighted by Crippen LogP contribution is 2.21. The fourth-order valence-electron chi connectivity index (χ4n) is 1.20. The number of hydrogen-bond donors (Lipinski definition) is 2. The van der Waals surface area contributed by atoms with Crippen LogP contribution < -0.4 is 0 Å². The molecule has 2 aliphatic heterocycles. The highest BCUT2D eigenvalue weighted by atomic mass is 127. The highest BCUT2D eigenvalue weighted by molar-refractivity contribution is 14.1. The molecule has 2 rings (SSSR count). The Morgan fingerprint density at radius 1 is 1.60 bits per heavy atom. The summed E-state index contributed by atoms with van der Waals surface area (Å²) in [6.45, 7) is 0. The van der Waals surface area contributed by atoms with Crippen molar-refractivity contribution in [1.29, 1.82) is 0 Å². The van der Waals surface area contributed by atoms with Crippen molar-refractivity contribution in [1.82, 2.24) is 4.90 Å². The Morgan fingerprint density at radius 2 is 2.33 bits per heavy atom. The number of hydrogen-bond acceptors (Lipinski definition) is 5. The van der Waals surface area contributed by atoms with Crippen LogP contribution >= 0.6 is 22.6 Å². The lowest BCUT2D eigenvalue weighted by atomic mass is 10.2. The number of aliphatic imine (C=N–C) groups is 2. The van der Waals surface area contributed by atoms with Crippen molar-refractivity contribution >= 4 is 40.7 Å². The minimum Gasteiger partial charge on any atom is -0.478 e. The van der Waals surface area contributed by atoms with Gasteiger partial charge in [0.05, 0.1) is 0 Å². The number of carbonyl (C=O) groups is 1. The van der Waals surface area contributed by atoms with Gasteiger partial charge >= 0.3 is 5.97 Å². The van der Waals surface area contributed by atoms with E-state index in [2.05, 4.69) is 9.98 Å². The van der Waals surface area contributed by atoms with E-state index < -0.39 is 12.2 Å². The molecule has 2 aliphatic rings. The smallest absolute Gasteiger partial charge is 0.337 e. The molecular weight excluding hydrogens is 313 g/mol. The number of carboxylic acid groups (broad SMARTS) is 1. The maximum absolute atomic E-state index is 10.7. The van der Waals surface area contributed by atoms with Gasteiger partial charge in [-0.3, -0.25) is 4.90 Å². The van der Waals surface area contributed by atoms with Crippen LogP contribution in [0, 0.1) is 0 Å². The molecule has 0 amide bonds. The van der Waals surface area contributed by atoms with E-state index in [1.165, 1.54) is 4.90 Å². The number of guanidine groups is 1. The molecule has 0 aromatic heterocycles. The van der Waals surface area contributed by atoms with E-state index >= 15 is 0 Å². The molecule has 0 fully saturated rings. The Bertz CT molecular complexity index is 438. The SMILES string of the molecule is O=C(O)C1=CN=C2N=CC(I)=CN2C1O. The summed E-state index contributed by atoms with van der Waals surface area (Å²) in [6.07, 6.45) is 3.05. The van der Waals surface area contributed by atoms with Crippen LogP contribution in [0.4, 0.5) is 0 Å². The first-order valence-electron chi connectivity index (χ1n) is 3.98. The molecule has 1 unspecified atom stereocenters. The van der Waals surface area contributed by atoms with Crippen LogP contribution in [0.3, 0.4) is 0 Å². The van der Waals surface area contributed by atoms with Gasteiger partial charge in [-0.1, -0.05) is 0 Å². The first-order valence-corrected chi connectivity index (χ1v) is 5.06. The van der Waals surface area contributed by atoms with Crippen LogP contribution in [0.15, 0.2) is 31.5 Å². The third-order valence-electron chi connectivity index (χ3n) is 1.90. The van der Waals surface area contributed by atoms with Gasteiger partial charge in [-0.15, -0.1) is 0 Å². The zero-order valence-electron chi connectivity index (χ0n) is 7.33. The Balaban J connectivity index is 2.40. The van der Waals surface area contributed by atoms with Gasteiger partial charge in [0.2, 0.25) is 5.96 Å². The van der Waals surface area contributed by atoms with Crippen molar-refractivity contribution in [2.45, 2.75) is 6.23 Å². The van der Waals surface area contributed by atoms with Crippen LogP contribution in [0.2, 0.25) is 0 Å². The molecule has 2 heterocycles. The largest absolute Gasteiger partial charge is 0.478 e. The number of aliphatic hydroxyl groups excluding tert-OH is 1. The zero-order valence-corrected chi connectivity index (χ0v) is 9.49.